The number of hydrogen-bond acceptors (Lipinski definition) is 3. The van der Waals surface area contributed by atoms with Gasteiger partial charge in [0.25, 0.3) is 0 Å². The molecule has 5 nitrogen and oxygen atoms in total. The number of alkyl halides is 3. The Hall–Kier alpha value is -2.09. The second-order valence-electron chi connectivity index (χ2n) is 6.01. The summed E-state index contributed by atoms with van der Waals surface area (Å²) in [6.45, 7) is -0.0590. The quantitative estimate of drug-likeness (QED) is 0.824. The zero-order valence-electron chi connectivity index (χ0n) is 13.2. The fourth-order valence-corrected chi connectivity index (χ4v) is 2.41. The SMILES string of the molecule is CN(CC(=O)O)CC(=O)N(Cc1ccc(C(F)(F)F)cc1)C1CC1. The largest absolute Gasteiger partial charge is 0.480 e. The highest BCUT2D eigenvalue weighted by molar-refractivity contribution is 5.79. The van der Waals surface area contributed by atoms with E-state index in [1.807, 2.05) is 0 Å². The first-order valence-electron chi connectivity index (χ1n) is 7.53. The number of nitrogens with zero attached hydrogens (tertiary/aromatic N) is 2. The molecule has 8 heteroatoms. The third kappa shape index (κ3) is 5.23. The van der Waals surface area contributed by atoms with Crippen molar-refractivity contribution in [3.05, 3.63) is 35.4 Å². The summed E-state index contributed by atoms with van der Waals surface area (Å²) in [5.74, 6) is -1.24. The maximum Gasteiger partial charge on any atom is 0.416 e. The molecule has 0 bridgehead atoms. The molecule has 24 heavy (non-hydrogen) atoms. The van der Waals surface area contributed by atoms with Gasteiger partial charge in [0.15, 0.2) is 0 Å². The fourth-order valence-electron chi connectivity index (χ4n) is 2.41. The molecule has 0 saturated heterocycles. The van der Waals surface area contributed by atoms with Gasteiger partial charge in [-0.3, -0.25) is 14.5 Å². The van der Waals surface area contributed by atoms with E-state index in [2.05, 4.69) is 0 Å². The van der Waals surface area contributed by atoms with Crippen LogP contribution in [0.15, 0.2) is 24.3 Å². The van der Waals surface area contributed by atoms with Crippen LogP contribution in [0.3, 0.4) is 0 Å². The molecule has 0 radical (unpaired) electrons. The second kappa shape index (κ2) is 7.21. The van der Waals surface area contributed by atoms with Crippen molar-refractivity contribution in [2.45, 2.75) is 31.6 Å². The molecule has 1 amide bonds. The van der Waals surface area contributed by atoms with Crippen LogP contribution in [-0.4, -0.2) is 53.0 Å². The summed E-state index contributed by atoms with van der Waals surface area (Å²) < 4.78 is 37.7. The first-order valence-corrected chi connectivity index (χ1v) is 7.53. The van der Waals surface area contributed by atoms with Gasteiger partial charge in [0, 0.05) is 12.6 Å². The minimum Gasteiger partial charge on any atom is -0.480 e. The zero-order valence-corrected chi connectivity index (χ0v) is 13.2. The van der Waals surface area contributed by atoms with Crippen LogP contribution in [0.25, 0.3) is 0 Å². The van der Waals surface area contributed by atoms with Gasteiger partial charge in [-0.15, -0.1) is 0 Å². The minimum absolute atomic E-state index is 0.0383. The monoisotopic (exact) mass is 344 g/mol. The van der Waals surface area contributed by atoms with Gasteiger partial charge in [-0.25, -0.2) is 0 Å². The number of amides is 1. The second-order valence-corrected chi connectivity index (χ2v) is 6.01. The fraction of sp³-hybridized carbons (Fsp3) is 0.500. The average molecular weight is 344 g/mol. The predicted octanol–water partition coefficient (Wildman–Crippen LogP) is 2.21. The minimum atomic E-state index is -4.38. The molecule has 132 valence electrons. The number of rotatable bonds is 7. The van der Waals surface area contributed by atoms with Crippen molar-refractivity contribution in [3.8, 4) is 0 Å². The number of likely N-dealkylation sites (N-methyl/N-ethyl adjacent to an activating group) is 1. The molecule has 0 heterocycles. The van der Waals surface area contributed by atoms with E-state index in [9.17, 15) is 22.8 Å². The van der Waals surface area contributed by atoms with E-state index in [1.165, 1.54) is 24.1 Å². The van der Waals surface area contributed by atoms with Gasteiger partial charge in [-0.05, 0) is 37.6 Å². The van der Waals surface area contributed by atoms with Crippen LogP contribution < -0.4 is 0 Å². The van der Waals surface area contributed by atoms with Crippen molar-refractivity contribution >= 4 is 11.9 Å². The number of carboxylic acids is 1. The molecule has 0 unspecified atom stereocenters. The first kappa shape index (κ1) is 18.3. The Morgan fingerprint density at radius 3 is 2.21 bits per heavy atom. The number of carboxylic acid groups (broad SMARTS) is 1. The number of aliphatic carboxylic acids is 1. The van der Waals surface area contributed by atoms with Gasteiger partial charge >= 0.3 is 12.1 Å². The van der Waals surface area contributed by atoms with Gasteiger partial charge in [0.05, 0.1) is 18.7 Å². The van der Waals surface area contributed by atoms with Crippen LogP contribution in [0, 0.1) is 0 Å². The van der Waals surface area contributed by atoms with Crippen LogP contribution in [0.1, 0.15) is 24.0 Å². The Kier molecular flexibility index (Phi) is 5.48. The molecule has 2 rings (SSSR count). The summed E-state index contributed by atoms with van der Waals surface area (Å²) >= 11 is 0. The van der Waals surface area contributed by atoms with Crippen molar-refractivity contribution in [2.24, 2.45) is 0 Å². The molecule has 1 saturated carbocycles. The van der Waals surface area contributed by atoms with E-state index in [4.69, 9.17) is 5.11 Å². The summed E-state index contributed by atoms with van der Waals surface area (Å²) in [5.41, 5.74) is -0.110. The highest BCUT2D eigenvalue weighted by Crippen LogP contribution is 2.31. The van der Waals surface area contributed by atoms with Crippen LogP contribution >= 0.6 is 0 Å². The lowest BCUT2D eigenvalue weighted by Crippen LogP contribution is -2.41. The number of carbonyl (C=O) groups excluding carboxylic acids is 1. The standard InChI is InChI=1S/C16H19F3N2O3/c1-20(10-15(23)24)9-14(22)21(13-6-7-13)8-11-2-4-12(5-3-11)16(17,18)19/h2-5,13H,6-10H2,1H3,(H,23,24). The van der Waals surface area contributed by atoms with E-state index in [0.29, 0.717) is 5.56 Å². The van der Waals surface area contributed by atoms with Crippen LogP contribution in [0.4, 0.5) is 13.2 Å². The van der Waals surface area contributed by atoms with E-state index >= 15 is 0 Å². The lowest BCUT2D eigenvalue weighted by Gasteiger charge is -2.25. The highest BCUT2D eigenvalue weighted by Gasteiger charge is 2.33. The molecular weight excluding hydrogens is 325 g/mol. The van der Waals surface area contributed by atoms with Crippen molar-refractivity contribution in [1.29, 1.82) is 0 Å². The zero-order chi connectivity index (χ0) is 17.9. The molecule has 1 fully saturated rings. The third-order valence-corrected chi connectivity index (χ3v) is 3.75. The third-order valence-electron chi connectivity index (χ3n) is 3.75. The lowest BCUT2D eigenvalue weighted by molar-refractivity contribution is -0.140. The molecule has 1 aromatic rings. The summed E-state index contributed by atoms with van der Waals surface area (Å²) in [7, 11) is 1.54. The predicted molar refractivity (Wildman–Crippen MR) is 80.1 cm³/mol. The molecule has 1 aliphatic rings. The Labute approximate surface area is 137 Å². The summed E-state index contributed by atoms with van der Waals surface area (Å²) in [5, 5.41) is 8.73. The van der Waals surface area contributed by atoms with E-state index in [1.54, 1.807) is 4.90 Å². The Morgan fingerprint density at radius 2 is 1.75 bits per heavy atom. The Balaban J connectivity index is 2.01. The Morgan fingerprint density at radius 1 is 1.17 bits per heavy atom. The van der Waals surface area contributed by atoms with Crippen LogP contribution in [0.2, 0.25) is 0 Å². The number of carbonyl (C=O) groups is 2. The molecule has 1 aliphatic carbocycles. The topological polar surface area (TPSA) is 60.9 Å². The molecule has 1 N–H and O–H groups in total. The van der Waals surface area contributed by atoms with E-state index in [0.717, 1.165) is 25.0 Å². The van der Waals surface area contributed by atoms with E-state index < -0.39 is 17.7 Å². The van der Waals surface area contributed by atoms with Crippen LogP contribution in [-0.2, 0) is 22.3 Å². The first-order chi connectivity index (χ1) is 11.2. The van der Waals surface area contributed by atoms with Crippen molar-refractivity contribution in [3.63, 3.8) is 0 Å². The maximum absolute atomic E-state index is 12.6. The van der Waals surface area contributed by atoms with Gasteiger partial charge in [0.2, 0.25) is 5.91 Å². The molecule has 1 aromatic carbocycles. The van der Waals surface area contributed by atoms with Crippen LogP contribution in [0.5, 0.6) is 0 Å². The van der Waals surface area contributed by atoms with Gasteiger partial charge in [-0.2, -0.15) is 13.2 Å². The molecular formula is C16H19F3N2O3. The summed E-state index contributed by atoms with van der Waals surface area (Å²) in [6, 6.07) is 4.82. The molecule has 0 spiro atoms. The normalized spacial score (nSPS) is 14.7. The van der Waals surface area contributed by atoms with Gasteiger partial charge in [-0.1, -0.05) is 12.1 Å². The Bertz CT molecular complexity index is 598. The average Bonchev–Trinajstić information content (AvgIpc) is 3.27. The maximum atomic E-state index is 12.6. The summed E-state index contributed by atoms with van der Waals surface area (Å²) in [6.07, 6.45) is -2.67. The van der Waals surface area contributed by atoms with Crippen molar-refractivity contribution < 1.29 is 27.9 Å². The van der Waals surface area contributed by atoms with E-state index in [-0.39, 0.29) is 31.6 Å². The van der Waals surface area contributed by atoms with Crippen molar-refractivity contribution in [1.82, 2.24) is 9.80 Å². The van der Waals surface area contributed by atoms with Crippen molar-refractivity contribution in [2.75, 3.05) is 20.1 Å². The lowest BCUT2D eigenvalue weighted by atomic mass is 10.1. The molecule has 0 atom stereocenters. The molecule has 0 aromatic heterocycles. The smallest absolute Gasteiger partial charge is 0.416 e. The van der Waals surface area contributed by atoms with Gasteiger partial charge < -0.3 is 10.0 Å². The summed E-state index contributed by atoms with van der Waals surface area (Å²) in [4.78, 5) is 26.0. The number of halogens is 3. The highest BCUT2D eigenvalue weighted by atomic mass is 19.4. The molecule has 0 aliphatic heterocycles. The van der Waals surface area contributed by atoms with Gasteiger partial charge in [0.1, 0.15) is 0 Å². The number of hydrogen-bond donors (Lipinski definition) is 1. The number of benzene rings is 1.